The fraction of sp³-hybridized carbons (Fsp3) is 1.00. The summed E-state index contributed by atoms with van der Waals surface area (Å²) in [5.41, 5.74) is 0.0135. The largest absolute Gasteiger partial charge is 0.377 e. The smallest absolute Gasteiger partial charge is 0.0882 e. The molecule has 2 aliphatic heterocycles. The molecular weight excluding hydrogens is 216 g/mol. The Kier molecular flexibility index (Phi) is 4.42. The summed E-state index contributed by atoms with van der Waals surface area (Å²) in [5.74, 6) is 0. The molecule has 0 aliphatic carbocycles. The number of morpholine rings is 1. The van der Waals surface area contributed by atoms with E-state index < -0.39 is 0 Å². The van der Waals surface area contributed by atoms with Crippen molar-refractivity contribution in [2.24, 2.45) is 0 Å². The highest BCUT2D eigenvalue weighted by Crippen LogP contribution is 2.31. The van der Waals surface area contributed by atoms with Gasteiger partial charge in [-0.05, 0) is 33.7 Å². The summed E-state index contributed by atoms with van der Waals surface area (Å²) in [4.78, 5) is 2.38. The van der Waals surface area contributed by atoms with Crippen LogP contribution in [0.1, 0.15) is 26.7 Å². The lowest BCUT2D eigenvalue weighted by Crippen LogP contribution is -2.63. The third kappa shape index (κ3) is 3.19. The molecule has 2 aliphatic rings. The standard InChI is InChI=1S/C13H26N2O2/c1-11(2)16-10-12-13(17-9-6-14-12)4-7-15(3)8-5-13/h11-12,14H,4-10H2,1-3H3. The number of hydrogen-bond donors (Lipinski definition) is 1. The van der Waals surface area contributed by atoms with Crippen LogP contribution in [-0.4, -0.2) is 62.5 Å². The summed E-state index contributed by atoms with van der Waals surface area (Å²) < 4.78 is 11.9. The van der Waals surface area contributed by atoms with Crippen molar-refractivity contribution < 1.29 is 9.47 Å². The molecule has 0 amide bonds. The topological polar surface area (TPSA) is 33.7 Å². The number of likely N-dealkylation sites (tertiary alicyclic amines) is 1. The molecule has 0 radical (unpaired) electrons. The monoisotopic (exact) mass is 242 g/mol. The predicted molar refractivity (Wildman–Crippen MR) is 68.3 cm³/mol. The minimum absolute atomic E-state index is 0.0135. The first-order chi connectivity index (χ1) is 8.12. The maximum absolute atomic E-state index is 6.13. The molecule has 0 bridgehead atoms. The zero-order valence-corrected chi connectivity index (χ0v) is 11.4. The summed E-state index contributed by atoms with van der Waals surface area (Å²) in [6.45, 7) is 8.97. The van der Waals surface area contributed by atoms with Gasteiger partial charge < -0.3 is 19.7 Å². The number of piperidine rings is 1. The Morgan fingerprint density at radius 1 is 1.41 bits per heavy atom. The van der Waals surface area contributed by atoms with E-state index in [1.807, 2.05) is 0 Å². The van der Waals surface area contributed by atoms with Gasteiger partial charge in [-0.25, -0.2) is 0 Å². The van der Waals surface area contributed by atoms with Gasteiger partial charge in [-0.1, -0.05) is 0 Å². The molecule has 0 aromatic heterocycles. The molecule has 1 atom stereocenters. The van der Waals surface area contributed by atoms with Gasteiger partial charge in [-0.2, -0.15) is 0 Å². The number of nitrogens with one attached hydrogen (secondary N) is 1. The molecule has 17 heavy (non-hydrogen) atoms. The van der Waals surface area contributed by atoms with Crippen molar-refractivity contribution in [2.75, 3.05) is 39.9 Å². The van der Waals surface area contributed by atoms with Crippen LogP contribution in [0.2, 0.25) is 0 Å². The van der Waals surface area contributed by atoms with E-state index in [-0.39, 0.29) is 5.60 Å². The Hall–Kier alpha value is -0.160. The van der Waals surface area contributed by atoms with Crippen LogP contribution in [0, 0.1) is 0 Å². The first-order valence-electron chi connectivity index (χ1n) is 6.80. The van der Waals surface area contributed by atoms with Gasteiger partial charge in [0.05, 0.1) is 31.0 Å². The number of ether oxygens (including phenoxy) is 2. The van der Waals surface area contributed by atoms with Gasteiger partial charge in [0.25, 0.3) is 0 Å². The maximum Gasteiger partial charge on any atom is 0.0882 e. The molecule has 1 N–H and O–H groups in total. The summed E-state index contributed by atoms with van der Waals surface area (Å²) in [7, 11) is 2.18. The maximum atomic E-state index is 6.13. The highest BCUT2D eigenvalue weighted by Gasteiger charge is 2.43. The Labute approximate surface area is 105 Å². The minimum atomic E-state index is 0.0135. The van der Waals surface area contributed by atoms with Gasteiger partial charge in [-0.15, -0.1) is 0 Å². The lowest BCUT2D eigenvalue weighted by Gasteiger charge is -2.48. The summed E-state index contributed by atoms with van der Waals surface area (Å²) in [5, 5.41) is 3.58. The van der Waals surface area contributed by atoms with Crippen LogP contribution in [0.25, 0.3) is 0 Å². The average molecular weight is 242 g/mol. The molecule has 2 heterocycles. The van der Waals surface area contributed by atoms with E-state index in [0.29, 0.717) is 12.1 Å². The van der Waals surface area contributed by atoms with Crippen LogP contribution >= 0.6 is 0 Å². The van der Waals surface area contributed by atoms with Crippen molar-refractivity contribution >= 4 is 0 Å². The van der Waals surface area contributed by atoms with Crippen LogP contribution in [0.15, 0.2) is 0 Å². The van der Waals surface area contributed by atoms with Gasteiger partial charge in [0.1, 0.15) is 0 Å². The first-order valence-corrected chi connectivity index (χ1v) is 6.80. The Morgan fingerprint density at radius 2 is 2.12 bits per heavy atom. The average Bonchev–Trinajstić information content (AvgIpc) is 2.32. The highest BCUT2D eigenvalue weighted by atomic mass is 16.5. The second kappa shape index (κ2) is 5.65. The molecule has 4 heteroatoms. The molecule has 2 rings (SSSR count). The van der Waals surface area contributed by atoms with E-state index in [2.05, 4.69) is 31.1 Å². The van der Waals surface area contributed by atoms with Crippen molar-refractivity contribution in [1.82, 2.24) is 10.2 Å². The first kappa shape index (κ1) is 13.3. The molecule has 2 fully saturated rings. The SMILES string of the molecule is CC(C)OCC1NCCOC12CCN(C)CC2. The van der Waals surface area contributed by atoms with Crippen molar-refractivity contribution in [2.45, 2.75) is 44.4 Å². The molecule has 4 nitrogen and oxygen atoms in total. The van der Waals surface area contributed by atoms with Crippen molar-refractivity contribution in [1.29, 1.82) is 0 Å². The third-order valence-corrected chi connectivity index (χ3v) is 3.95. The van der Waals surface area contributed by atoms with E-state index in [1.165, 1.54) is 0 Å². The predicted octanol–water partition coefficient (Wildman–Crippen LogP) is 0.864. The summed E-state index contributed by atoms with van der Waals surface area (Å²) >= 11 is 0. The fourth-order valence-corrected chi connectivity index (χ4v) is 2.76. The van der Waals surface area contributed by atoms with Gasteiger partial charge >= 0.3 is 0 Å². The van der Waals surface area contributed by atoms with E-state index in [1.54, 1.807) is 0 Å². The number of nitrogens with zero attached hydrogens (tertiary/aromatic N) is 1. The molecule has 0 aromatic rings. The third-order valence-electron chi connectivity index (χ3n) is 3.95. The molecule has 1 spiro atoms. The van der Waals surface area contributed by atoms with E-state index in [0.717, 1.165) is 45.7 Å². The quantitative estimate of drug-likeness (QED) is 0.796. The molecule has 100 valence electrons. The summed E-state index contributed by atoms with van der Waals surface area (Å²) in [6.07, 6.45) is 2.52. The lowest BCUT2D eigenvalue weighted by molar-refractivity contribution is -0.142. The van der Waals surface area contributed by atoms with Crippen LogP contribution in [-0.2, 0) is 9.47 Å². The lowest BCUT2D eigenvalue weighted by atomic mass is 9.83. The van der Waals surface area contributed by atoms with E-state index in [9.17, 15) is 0 Å². The van der Waals surface area contributed by atoms with Crippen LogP contribution in [0.3, 0.4) is 0 Å². The highest BCUT2D eigenvalue weighted by molar-refractivity contribution is 4.99. The van der Waals surface area contributed by atoms with Crippen molar-refractivity contribution in [3.05, 3.63) is 0 Å². The number of hydrogen-bond acceptors (Lipinski definition) is 4. The second-order valence-electron chi connectivity index (χ2n) is 5.61. The number of rotatable bonds is 3. The van der Waals surface area contributed by atoms with Crippen LogP contribution in [0.4, 0.5) is 0 Å². The Balaban J connectivity index is 1.96. The summed E-state index contributed by atoms with van der Waals surface area (Å²) in [6, 6.07) is 0.354. The molecule has 0 aromatic carbocycles. The van der Waals surface area contributed by atoms with Gasteiger partial charge in [0.15, 0.2) is 0 Å². The zero-order valence-electron chi connectivity index (χ0n) is 11.4. The fourth-order valence-electron chi connectivity index (χ4n) is 2.76. The van der Waals surface area contributed by atoms with Crippen LogP contribution in [0.5, 0.6) is 0 Å². The van der Waals surface area contributed by atoms with Crippen molar-refractivity contribution in [3.8, 4) is 0 Å². The molecular formula is C13H26N2O2. The molecule has 0 saturated carbocycles. The Morgan fingerprint density at radius 3 is 2.76 bits per heavy atom. The van der Waals surface area contributed by atoms with Gasteiger partial charge in [0, 0.05) is 19.6 Å². The second-order valence-corrected chi connectivity index (χ2v) is 5.61. The molecule has 1 unspecified atom stereocenters. The normalized spacial score (nSPS) is 30.0. The van der Waals surface area contributed by atoms with Crippen molar-refractivity contribution in [3.63, 3.8) is 0 Å². The van der Waals surface area contributed by atoms with Crippen LogP contribution < -0.4 is 5.32 Å². The Bertz CT molecular complexity index is 238. The van der Waals surface area contributed by atoms with Gasteiger partial charge in [-0.3, -0.25) is 0 Å². The minimum Gasteiger partial charge on any atom is -0.377 e. The molecule has 2 saturated heterocycles. The van der Waals surface area contributed by atoms with E-state index in [4.69, 9.17) is 9.47 Å². The van der Waals surface area contributed by atoms with E-state index >= 15 is 0 Å². The van der Waals surface area contributed by atoms with Gasteiger partial charge in [0.2, 0.25) is 0 Å². The zero-order chi connectivity index (χ0) is 12.3.